The Kier molecular flexibility index (Phi) is 5.97. The van der Waals surface area contributed by atoms with Crippen LogP contribution in [-0.4, -0.2) is 14.2 Å². The maximum atomic E-state index is 5.14. The SMILES string of the molecule is COc1ccc(Pc2ccc(OC)cc2)cc1.Cl. The van der Waals surface area contributed by atoms with Crippen molar-refractivity contribution in [3.63, 3.8) is 0 Å². The lowest BCUT2D eigenvalue weighted by Crippen LogP contribution is -2.02. The lowest BCUT2D eigenvalue weighted by molar-refractivity contribution is 0.415. The van der Waals surface area contributed by atoms with Crippen LogP contribution >= 0.6 is 21.0 Å². The summed E-state index contributed by atoms with van der Waals surface area (Å²) in [4.78, 5) is 0. The molecule has 2 aromatic rings. The van der Waals surface area contributed by atoms with Crippen molar-refractivity contribution in [2.24, 2.45) is 0 Å². The Balaban J connectivity index is 0.00000162. The van der Waals surface area contributed by atoms with Gasteiger partial charge in [-0.05, 0) is 34.9 Å². The summed E-state index contributed by atoms with van der Waals surface area (Å²) in [6, 6.07) is 16.4. The van der Waals surface area contributed by atoms with E-state index < -0.39 is 0 Å². The van der Waals surface area contributed by atoms with Gasteiger partial charge < -0.3 is 9.47 Å². The normalized spacial score (nSPS) is 9.44. The monoisotopic (exact) mass is 282 g/mol. The molecule has 96 valence electrons. The Hall–Kier alpha value is -1.24. The number of hydrogen-bond donors (Lipinski definition) is 0. The van der Waals surface area contributed by atoms with Crippen molar-refractivity contribution in [2.75, 3.05) is 14.2 Å². The van der Waals surface area contributed by atoms with Crippen LogP contribution in [0.15, 0.2) is 48.5 Å². The van der Waals surface area contributed by atoms with Gasteiger partial charge in [-0.15, -0.1) is 12.4 Å². The molecule has 0 amide bonds. The molecule has 0 saturated heterocycles. The Morgan fingerprint density at radius 1 is 0.667 bits per heavy atom. The minimum Gasteiger partial charge on any atom is -0.497 e. The fraction of sp³-hybridized carbons (Fsp3) is 0.143. The molecule has 0 radical (unpaired) electrons. The van der Waals surface area contributed by atoms with Crippen molar-refractivity contribution in [1.29, 1.82) is 0 Å². The van der Waals surface area contributed by atoms with E-state index in [2.05, 4.69) is 24.3 Å². The largest absolute Gasteiger partial charge is 0.497 e. The van der Waals surface area contributed by atoms with Gasteiger partial charge in [-0.1, -0.05) is 32.8 Å². The van der Waals surface area contributed by atoms with E-state index in [-0.39, 0.29) is 12.4 Å². The van der Waals surface area contributed by atoms with Crippen LogP contribution in [0.1, 0.15) is 0 Å². The van der Waals surface area contributed by atoms with Crippen molar-refractivity contribution in [1.82, 2.24) is 0 Å². The first kappa shape index (κ1) is 14.8. The molecule has 0 aliphatic carbocycles. The molecular weight excluding hydrogens is 267 g/mol. The molecule has 18 heavy (non-hydrogen) atoms. The second-order valence-corrected chi connectivity index (χ2v) is 4.99. The zero-order valence-electron chi connectivity index (χ0n) is 10.3. The molecule has 0 aromatic heterocycles. The van der Waals surface area contributed by atoms with E-state index in [1.807, 2.05) is 24.3 Å². The van der Waals surface area contributed by atoms with Crippen LogP contribution in [0, 0.1) is 0 Å². The van der Waals surface area contributed by atoms with Gasteiger partial charge in [-0.25, -0.2) is 0 Å². The fourth-order valence-corrected chi connectivity index (χ4v) is 2.52. The van der Waals surface area contributed by atoms with Crippen molar-refractivity contribution in [3.05, 3.63) is 48.5 Å². The zero-order valence-corrected chi connectivity index (χ0v) is 12.2. The number of ether oxygens (including phenoxy) is 2. The molecule has 0 fully saturated rings. The summed E-state index contributed by atoms with van der Waals surface area (Å²) in [6.45, 7) is 0. The highest BCUT2D eigenvalue weighted by Crippen LogP contribution is 2.16. The molecule has 0 spiro atoms. The second-order valence-electron chi connectivity index (χ2n) is 3.58. The fourth-order valence-electron chi connectivity index (χ4n) is 1.52. The van der Waals surface area contributed by atoms with E-state index in [1.54, 1.807) is 14.2 Å². The summed E-state index contributed by atoms with van der Waals surface area (Å²) in [5.74, 6) is 1.79. The second kappa shape index (κ2) is 7.25. The molecule has 0 bridgehead atoms. The molecule has 0 aliphatic rings. The number of methoxy groups -OCH3 is 2. The van der Waals surface area contributed by atoms with E-state index in [0.29, 0.717) is 8.58 Å². The minimum absolute atomic E-state index is 0. The maximum Gasteiger partial charge on any atom is 0.118 e. The highest BCUT2D eigenvalue weighted by molar-refractivity contribution is 7.55. The van der Waals surface area contributed by atoms with E-state index in [0.717, 1.165) is 11.5 Å². The van der Waals surface area contributed by atoms with Gasteiger partial charge in [-0.2, -0.15) is 0 Å². The van der Waals surface area contributed by atoms with Crippen molar-refractivity contribution >= 4 is 31.6 Å². The van der Waals surface area contributed by atoms with Crippen LogP contribution in [0.4, 0.5) is 0 Å². The van der Waals surface area contributed by atoms with Crippen LogP contribution in [0.3, 0.4) is 0 Å². The Bertz CT molecular complexity index is 423. The standard InChI is InChI=1S/C14H15O2P.ClH/c1-15-11-3-7-13(8-4-11)17-14-9-5-12(16-2)6-10-14;/h3-10,17H,1-2H3;1H. The van der Waals surface area contributed by atoms with E-state index >= 15 is 0 Å². The van der Waals surface area contributed by atoms with E-state index in [4.69, 9.17) is 9.47 Å². The van der Waals surface area contributed by atoms with Crippen molar-refractivity contribution in [3.8, 4) is 11.5 Å². The number of benzene rings is 2. The average Bonchev–Trinajstić information content (AvgIpc) is 2.40. The quantitative estimate of drug-likeness (QED) is 0.803. The van der Waals surface area contributed by atoms with Crippen LogP contribution in [0.2, 0.25) is 0 Å². The van der Waals surface area contributed by atoms with E-state index in [9.17, 15) is 0 Å². The first-order valence-electron chi connectivity index (χ1n) is 5.37. The zero-order chi connectivity index (χ0) is 12.1. The maximum absolute atomic E-state index is 5.14. The third-order valence-electron chi connectivity index (χ3n) is 2.47. The van der Waals surface area contributed by atoms with Crippen LogP contribution in [0.25, 0.3) is 0 Å². The third-order valence-corrected chi connectivity index (χ3v) is 3.71. The smallest absolute Gasteiger partial charge is 0.118 e. The molecule has 0 saturated carbocycles. The van der Waals surface area contributed by atoms with Crippen molar-refractivity contribution in [2.45, 2.75) is 0 Å². The van der Waals surface area contributed by atoms with Gasteiger partial charge in [-0.3, -0.25) is 0 Å². The lowest BCUT2D eigenvalue weighted by Gasteiger charge is -2.05. The highest BCUT2D eigenvalue weighted by Gasteiger charge is 1.98. The Labute approximate surface area is 116 Å². The minimum atomic E-state index is 0. The predicted octanol–water partition coefficient (Wildman–Crippen LogP) is 2.75. The van der Waals surface area contributed by atoms with Gasteiger partial charge in [0, 0.05) is 0 Å². The number of hydrogen-bond acceptors (Lipinski definition) is 2. The molecule has 0 unspecified atom stereocenters. The van der Waals surface area contributed by atoms with Crippen molar-refractivity contribution < 1.29 is 9.47 Å². The topological polar surface area (TPSA) is 18.5 Å². The average molecular weight is 283 g/mol. The van der Waals surface area contributed by atoms with E-state index in [1.165, 1.54) is 10.6 Å². The summed E-state index contributed by atoms with van der Waals surface area (Å²) >= 11 is 0. The Morgan fingerprint density at radius 3 is 1.28 bits per heavy atom. The summed E-state index contributed by atoms with van der Waals surface area (Å²) in [7, 11) is 4.02. The summed E-state index contributed by atoms with van der Waals surface area (Å²) < 4.78 is 10.3. The van der Waals surface area contributed by atoms with Gasteiger partial charge in [0.05, 0.1) is 14.2 Å². The molecule has 4 heteroatoms. The van der Waals surface area contributed by atoms with Crippen LogP contribution in [-0.2, 0) is 0 Å². The van der Waals surface area contributed by atoms with Gasteiger partial charge in [0.15, 0.2) is 0 Å². The number of halogens is 1. The van der Waals surface area contributed by atoms with Gasteiger partial charge in [0.25, 0.3) is 0 Å². The molecule has 0 heterocycles. The van der Waals surface area contributed by atoms with Crippen LogP contribution < -0.4 is 20.1 Å². The molecule has 0 aliphatic heterocycles. The summed E-state index contributed by atoms with van der Waals surface area (Å²) in [6.07, 6.45) is 0. The predicted molar refractivity (Wildman–Crippen MR) is 80.8 cm³/mol. The van der Waals surface area contributed by atoms with Gasteiger partial charge >= 0.3 is 0 Å². The van der Waals surface area contributed by atoms with Gasteiger partial charge in [0.1, 0.15) is 11.5 Å². The molecule has 2 rings (SSSR count). The first-order valence-corrected chi connectivity index (χ1v) is 6.37. The molecule has 2 aromatic carbocycles. The highest BCUT2D eigenvalue weighted by atomic mass is 35.5. The summed E-state index contributed by atoms with van der Waals surface area (Å²) in [5.41, 5.74) is 0. The summed E-state index contributed by atoms with van der Waals surface area (Å²) in [5, 5.41) is 2.60. The molecular formula is C14H16ClO2P. The molecule has 0 atom stereocenters. The van der Waals surface area contributed by atoms with Crippen LogP contribution in [0.5, 0.6) is 11.5 Å². The molecule has 2 nitrogen and oxygen atoms in total. The molecule has 0 N–H and O–H groups in total. The first-order chi connectivity index (χ1) is 8.31. The number of rotatable bonds is 4. The van der Waals surface area contributed by atoms with Gasteiger partial charge in [0.2, 0.25) is 0 Å². The lowest BCUT2D eigenvalue weighted by atomic mass is 10.3. The Morgan fingerprint density at radius 2 is 1.00 bits per heavy atom. The third kappa shape index (κ3) is 3.90.